The fourth-order valence-electron chi connectivity index (χ4n) is 3.60. The highest BCUT2D eigenvalue weighted by Crippen LogP contribution is 2.29. The number of piperidine rings is 1. The third kappa shape index (κ3) is 3.90. The van der Waals surface area contributed by atoms with Gasteiger partial charge in [-0.3, -0.25) is 4.79 Å². The number of rotatable bonds is 5. The van der Waals surface area contributed by atoms with E-state index in [1.807, 2.05) is 28.9 Å². The predicted molar refractivity (Wildman–Crippen MR) is 96.6 cm³/mol. The molecule has 1 aromatic heterocycles. The quantitative estimate of drug-likeness (QED) is 0.862. The number of likely N-dealkylation sites (tertiary alicyclic amines) is 1. The molecule has 2 aromatic rings. The Bertz CT molecular complexity index is 763. The Morgan fingerprint density at radius 3 is 3.04 bits per heavy atom. The van der Waals surface area contributed by atoms with Crippen LogP contribution in [0.25, 0.3) is 0 Å². The second-order valence-corrected chi connectivity index (χ2v) is 7.27. The minimum Gasteiger partial charge on any atom is -0.370 e. The van der Waals surface area contributed by atoms with Crippen LogP contribution < -0.4 is 5.32 Å². The fourth-order valence-corrected chi connectivity index (χ4v) is 3.72. The van der Waals surface area contributed by atoms with Crippen LogP contribution in [0.5, 0.6) is 0 Å². The number of halogens is 1. The first-order chi connectivity index (χ1) is 12.7. The molecule has 2 aliphatic heterocycles. The number of carbonyl (C=O) groups excluding carboxylic acids is 1. The average Bonchev–Trinajstić information content (AvgIpc) is 3.15. The summed E-state index contributed by atoms with van der Waals surface area (Å²) < 4.78 is 7.91. The Kier molecular flexibility index (Phi) is 5.19. The number of nitrogens with one attached hydrogen (secondary N) is 1. The van der Waals surface area contributed by atoms with Crippen LogP contribution in [0.3, 0.4) is 0 Å². The van der Waals surface area contributed by atoms with Crippen molar-refractivity contribution in [2.45, 2.75) is 38.1 Å². The summed E-state index contributed by atoms with van der Waals surface area (Å²) in [6, 6.07) is 7.70. The SMILES string of the molecule is O=C(CCN1CC[C@H]2OCc3cnnn3[C@H]2C1)NCc1ccc(Cl)cc1. The summed E-state index contributed by atoms with van der Waals surface area (Å²) in [5, 5.41) is 11.9. The van der Waals surface area contributed by atoms with Crippen LogP contribution in [0.4, 0.5) is 0 Å². The molecule has 0 aliphatic carbocycles. The molecule has 4 rings (SSSR count). The van der Waals surface area contributed by atoms with Gasteiger partial charge in [0.25, 0.3) is 0 Å². The fraction of sp³-hybridized carbons (Fsp3) is 0.500. The van der Waals surface area contributed by atoms with Crippen molar-refractivity contribution in [3.8, 4) is 0 Å². The first-order valence-corrected chi connectivity index (χ1v) is 9.31. The van der Waals surface area contributed by atoms with Gasteiger partial charge in [-0.25, -0.2) is 4.68 Å². The Morgan fingerprint density at radius 1 is 1.35 bits per heavy atom. The van der Waals surface area contributed by atoms with Gasteiger partial charge in [0, 0.05) is 37.6 Å². The van der Waals surface area contributed by atoms with Gasteiger partial charge in [0.15, 0.2) is 0 Å². The molecule has 0 spiro atoms. The highest BCUT2D eigenvalue weighted by Gasteiger charge is 2.36. The summed E-state index contributed by atoms with van der Waals surface area (Å²) in [5.41, 5.74) is 2.07. The Labute approximate surface area is 157 Å². The minimum atomic E-state index is 0.0587. The van der Waals surface area contributed by atoms with E-state index in [1.54, 1.807) is 6.20 Å². The lowest BCUT2D eigenvalue weighted by molar-refractivity contribution is -0.122. The van der Waals surface area contributed by atoms with Crippen LogP contribution in [0, 0.1) is 0 Å². The third-order valence-corrected chi connectivity index (χ3v) is 5.32. The second kappa shape index (κ2) is 7.73. The molecule has 8 heteroatoms. The zero-order valence-corrected chi connectivity index (χ0v) is 15.2. The lowest BCUT2D eigenvalue weighted by Gasteiger charge is -2.40. The number of amides is 1. The van der Waals surface area contributed by atoms with Crippen LogP contribution in [0.1, 0.15) is 30.1 Å². The van der Waals surface area contributed by atoms with Gasteiger partial charge in [0.1, 0.15) is 0 Å². The molecule has 1 aromatic carbocycles. The van der Waals surface area contributed by atoms with E-state index in [1.165, 1.54) is 0 Å². The Morgan fingerprint density at radius 2 is 2.19 bits per heavy atom. The van der Waals surface area contributed by atoms with Crippen molar-refractivity contribution in [1.29, 1.82) is 0 Å². The number of benzene rings is 1. The molecule has 1 N–H and O–H groups in total. The van der Waals surface area contributed by atoms with Crippen LogP contribution >= 0.6 is 11.6 Å². The number of hydrogen-bond acceptors (Lipinski definition) is 5. The molecule has 2 atom stereocenters. The van der Waals surface area contributed by atoms with Gasteiger partial charge >= 0.3 is 0 Å². The van der Waals surface area contributed by atoms with Crippen molar-refractivity contribution in [3.05, 3.63) is 46.7 Å². The summed E-state index contributed by atoms with van der Waals surface area (Å²) in [6.07, 6.45) is 3.39. The lowest BCUT2D eigenvalue weighted by Crippen LogP contribution is -2.48. The molecule has 1 fully saturated rings. The maximum absolute atomic E-state index is 12.1. The van der Waals surface area contributed by atoms with E-state index in [2.05, 4.69) is 20.5 Å². The summed E-state index contributed by atoms with van der Waals surface area (Å²) in [7, 11) is 0. The molecule has 7 nitrogen and oxygen atoms in total. The number of ether oxygens (including phenoxy) is 1. The van der Waals surface area contributed by atoms with E-state index in [4.69, 9.17) is 16.3 Å². The van der Waals surface area contributed by atoms with Gasteiger partial charge in [-0.2, -0.15) is 0 Å². The first kappa shape index (κ1) is 17.5. The third-order valence-electron chi connectivity index (χ3n) is 5.07. The van der Waals surface area contributed by atoms with Crippen molar-refractivity contribution in [2.75, 3.05) is 19.6 Å². The molecular formula is C18H22ClN5O2. The number of fused-ring (bicyclic) bond motifs is 3. The summed E-state index contributed by atoms with van der Waals surface area (Å²) >= 11 is 5.87. The molecule has 2 aliphatic rings. The van der Waals surface area contributed by atoms with E-state index in [-0.39, 0.29) is 18.1 Å². The normalized spacial score (nSPS) is 22.5. The monoisotopic (exact) mass is 375 g/mol. The molecule has 138 valence electrons. The maximum Gasteiger partial charge on any atom is 0.221 e. The number of nitrogens with zero attached hydrogens (tertiary/aromatic N) is 4. The molecule has 0 bridgehead atoms. The largest absolute Gasteiger partial charge is 0.370 e. The highest BCUT2D eigenvalue weighted by atomic mass is 35.5. The topological polar surface area (TPSA) is 72.3 Å². The zero-order chi connectivity index (χ0) is 17.9. The van der Waals surface area contributed by atoms with Gasteiger partial charge in [0.05, 0.1) is 30.6 Å². The lowest BCUT2D eigenvalue weighted by atomic mass is 10.0. The summed E-state index contributed by atoms with van der Waals surface area (Å²) in [6.45, 7) is 3.62. The Hall–Kier alpha value is -1.96. The van der Waals surface area contributed by atoms with E-state index >= 15 is 0 Å². The molecule has 3 heterocycles. The summed E-state index contributed by atoms with van der Waals surface area (Å²) in [4.78, 5) is 14.5. The molecular weight excluding hydrogens is 354 g/mol. The number of aromatic nitrogens is 3. The Balaban J connectivity index is 1.25. The molecule has 0 unspecified atom stereocenters. The minimum absolute atomic E-state index is 0.0587. The van der Waals surface area contributed by atoms with Gasteiger partial charge in [-0.1, -0.05) is 28.9 Å². The van der Waals surface area contributed by atoms with E-state index in [0.29, 0.717) is 24.6 Å². The van der Waals surface area contributed by atoms with Crippen molar-refractivity contribution >= 4 is 17.5 Å². The van der Waals surface area contributed by atoms with Gasteiger partial charge in [-0.15, -0.1) is 5.10 Å². The van der Waals surface area contributed by atoms with E-state index in [0.717, 1.165) is 37.3 Å². The van der Waals surface area contributed by atoms with Crippen LogP contribution in [0.15, 0.2) is 30.5 Å². The van der Waals surface area contributed by atoms with Crippen LogP contribution in [0.2, 0.25) is 5.02 Å². The first-order valence-electron chi connectivity index (χ1n) is 8.93. The van der Waals surface area contributed by atoms with Gasteiger partial charge in [-0.05, 0) is 24.1 Å². The van der Waals surface area contributed by atoms with E-state index in [9.17, 15) is 4.79 Å². The molecule has 1 amide bonds. The second-order valence-electron chi connectivity index (χ2n) is 6.83. The van der Waals surface area contributed by atoms with E-state index < -0.39 is 0 Å². The highest BCUT2D eigenvalue weighted by molar-refractivity contribution is 6.30. The molecule has 0 saturated carbocycles. The standard InChI is InChI=1S/C18H22ClN5O2/c19-14-3-1-13(2-4-14)9-20-18(25)6-8-23-7-5-17-16(11-23)24-15(12-26-17)10-21-22-24/h1-4,10,16-17H,5-9,11-12H2,(H,20,25)/t16-,17+/m0/s1. The molecule has 0 radical (unpaired) electrons. The van der Waals surface area contributed by atoms with Crippen molar-refractivity contribution < 1.29 is 9.53 Å². The maximum atomic E-state index is 12.1. The number of carbonyl (C=O) groups is 1. The van der Waals surface area contributed by atoms with Crippen molar-refractivity contribution in [1.82, 2.24) is 25.2 Å². The molecule has 26 heavy (non-hydrogen) atoms. The summed E-state index contributed by atoms with van der Waals surface area (Å²) in [5.74, 6) is 0.0587. The zero-order valence-electron chi connectivity index (χ0n) is 14.5. The van der Waals surface area contributed by atoms with Crippen molar-refractivity contribution in [2.24, 2.45) is 0 Å². The molecule has 1 saturated heterocycles. The number of hydrogen-bond donors (Lipinski definition) is 1. The smallest absolute Gasteiger partial charge is 0.221 e. The average molecular weight is 376 g/mol. The van der Waals surface area contributed by atoms with Gasteiger partial charge in [0.2, 0.25) is 5.91 Å². The van der Waals surface area contributed by atoms with Crippen LogP contribution in [-0.2, 0) is 22.7 Å². The van der Waals surface area contributed by atoms with Crippen molar-refractivity contribution in [3.63, 3.8) is 0 Å². The van der Waals surface area contributed by atoms with Crippen LogP contribution in [-0.4, -0.2) is 51.5 Å². The van der Waals surface area contributed by atoms with Gasteiger partial charge < -0.3 is 15.0 Å². The predicted octanol–water partition coefficient (Wildman–Crippen LogP) is 1.78.